The molecule has 2 aromatic carbocycles. The number of carbonyl (C=O) groups is 1. The Morgan fingerprint density at radius 3 is 2.44 bits per heavy atom. The number of aromatic nitrogens is 2. The third-order valence-corrected chi connectivity index (χ3v) is 4.43. The van der Waals surface area contributed by atoms with Gasteiger partial charge in [0.05, 0.1) is 12.5 Å². The first-order chi connectivity index (χ1) is 13.0. The topological polar surface area (TPSA) is 77.2 Å². The summed E-state index contributed by atoms with van der Waals surface area (Å²) in [4.78, 5) is 13.5. The normalized spacial score (nSPS) is 10.8. The standard InChI is InChI=1S/C20H21N3O3S/c1-13(2)25-16-8-6-15(7-9-16)19(24)21-20-23-22-18(26-20)12-14-4-10-17(27-3)11-5-14/h4-11,13H,12H2,1-3H3,(H,21,23,24). The van der Waals surface area contributed by atoms with Gasteiger partial charge in [-0.2, -0.15) is 0 Å². The summed E-state index contributed by atoms with van der Waals surface area (Å²) in [5.41, 5.74) is 1.55. The molecule has 1 heterocycles. The fourth-order valence-corrected chi connectivity index (χ4v) is 2.83. The molecule has 1 aromatic heterocycles. The van der Waals surface area contributed by atoms with Gasteiger partial charge in [-0.3, -0.25) is 10.1 Å². The van der Waals surface area contributed by atoms with Crippen molar-refractivity contribution in [2.24, 2.45) is 0 Å². The van der Waals surface area contributed by atoms with Crippen LogP contribution in [0.5, 0.6) is 5.75 Å². The zero-order valence-corrected chi connectivity index (χ0v) is 16.2. The van der Waals surface area contributed by atoms with Crippen molar-refractivity contribution in [1.82, 2.24) is 10.2 Å². The predicted molar refractivity (Wildman–Crippen MR) is 105 cm³/mol. The van der Waals surface area contributed by atoms with Gasteiger partial charge < -0.3 is 9.15 Å². The van der Waals surface area contributed by atoms with Crippen LogP contribution in [-0.2, 0) is 6.42 Å². The summed E-state index contributed by atoms with van der Waals surface area (Å²) in [5, 5.41) is 10.5. The highest BCUT2D eigenvalue weighted by Crippen LogP contribution is 2.18. The van der Waals surface area contributed by atoms with Crippen molar-refractivity contribution in [2.75, 3.05) is 11.6 Å². The maximum atomic E-state index is 12.3. The highest BCUT2D eigenvalue weighted by Gasteiger charge is 2.12. The molecule has 0 fully saturated rings. The summed E-state index contributed by atoms with van der Waals surface area (Å²) >= 11 is 1.69. The third-order valence-electron chi connectivity index (χ3n) is 3.69. The van der Waals surface area contributed by atoms with Gasteiger partial charge in [0.25, 0.3) is 5.91 Å². The van der Waals surface area contributed by atoms with Crippen LogP contribution in [0.1, 0.15) is 35.7 Å². The maximum Gasteiger partial charge on any atom is 0.322 e. The van der Waals surface area contributed by atoms with Gasteiger partial charge in [0.1, 0.15) is 5.75 Å². The monoisotopic (exact) mass is 383 g/mol. The highest BCUT2D eigenvalue weighted by atomic mass is 32.2. The Labute approximate surface area is 162 Å². The molecule has 0 radical (unpaired) electrons. The van der Waals surface area contributed by atoms with Crippen molar-refractivity contribution in [3.05, 3.63) is 65.5 Å². The van der Waals surface area contributed by atoms with Crippen molar-refractivity contribution in [3.63, 3.8) is 0 Å². The lowest BCUT2D eigenvalue weighted by Crippen LogP contribution is -2.12. The van der Waals surface area contributed by atoms with Crippen LogP contribution < -0.4 is 10.1 Å². The van der Waals surface area contributed by atoms with E-state index in [9.17, 15) is 4.79 Å². The van der Waals surface area contributed by atoms with Crippen molar-refractivity contribution in [3.8, 4) is 5.75 Å². The molecule has 0 aliphatic heterocycles. The second kappa shape index (κ2) is 8.73. The lowest BCUT2D eigenvalue weighted by molar-refractivity contribution is 0.102. The molecule has 3 rings (SSSR count). The van der Waals surface area contributed by atoms with E-state index in [0.717, 1.165) is 5.56 Å². The Bertz CT molecular complexity index is 890. The molecular formula is C20H21N3O3S. The summed E-state index contributed by atoms with van der Waals surface area (Å²) < 4.78 is 11.1. The zero-order valence-electron chi connectivity index (χ0n) is 15.4. The van der Waals surface area contributed by atoms with Crippen LogP contribution in [0.25, 0.3) is 0 Å². The molecule has 6 nitrogen and oxygen atoms in total. The van der Waals surface area contributed by atoms with E-state index >= 15 is 0 Å². The summed E-state index contributed by atoms with van der Waals surface area (Å²) in [6, 6.07) is 15.1. The van der Waals surface area contributed by atoms with Gasteiger partial charge in [0.2, 0.25) is 5.89 Å². The number of anilines is 1. The largest absolute Gasteiger partial charge is 0.491 e. The molecule has 1 N–H and O–H groups in total. The summed E-state index contributed by atoms with van der Waals surface area (Å²) in [7, 11) is 0. The first-order valence-electron chi connectivity index (χ1n) is 8.57. The number of nitrogens with one attached hydrogen (secondary N) is 1. The summed E-state index contributed by atoms with van der Waals surface area (Å²) in [5.74, 6) is 0.850. The lowest BCUT2D eigenvalue weighted by atomic mass is 10.1. The van der Waals surface area contributed by atoms with E-state index < -0.39 is 0 Å². The highest BCUT2D eigenvalue weighted by molar-refractivity contribution is 7.98. The van der Waals surface area contributed by atoms with Crippen molar-refractivity contribution in [2.45, 2.75) is 31.3 Å². The quantitative estimate of drug-likeness (QED) is 0.609. The van der Waals surface area contributed by atoms with Crippen molar-refractivity contribution in [1.29, 1.82) is 0 Å². The minimum atomic E-state index is -0.314. The Morgan fingerprint density at radius 2 is 1.81 bits per heavy atom. The fourth-order valence-electron chi connectivity index (χ4n) is 2.42. The molecule has 140 valence electrons. The third kappa shape index (κ3) is 5.34. The number of thioether (sulfide) groups is 1. The van der Waals surface area contributed by atoms with Gasteiger partial charge in [0.15, 0.2) is 0 Å². The number of ether oxygens (including phenoxy) is 1. The van der Waals surface area contributed by atoms with E-state index in [4.69, 9.17) is 9.15 Å². The molecule has 27 heavy (non-hydrogen) atoms. The van der Waals surface area contributed by atoms with Gasteiger partial charge in [0, 0.05) is 10.5 Å². The van der Waals surface area contributed by atoms with E-state index in [-0.39, 0.29) is 18.0 Å². The molecule has 0 aliphatic carbocycles. The van der Waals surface area contributed by atoms with E-state index in [1.54, 1.807) is 36.0 Å². The van der Waals surface area contributed by atoms with Crippen molar-refractivity contribution < 1.29 is 13.9 Å². The van der Waals surface area contributed by atoms with Gasteiger partial charge in [-0.1, -0.05) is 17.2 Å². The van der Waals surface area contributed by atoms with Gasteiger partial charge in [-0.25, -0.2) is 0 Å². The average molecular weight is 383 g/mol. The molecule has 0 aliphatic rings. The molecule has 0 saturated heterocycles. The van der Waals surface area contributed by atoms with Crippen LogP contribution in [-0.4, -0.2) is 28.5 Å². The first-order valence-corrected chi connectivity index (χ1v) is 9.79. The van der Waals surface area contributed by atoms with Crippen LogP contribution in [0.4, 0.5) is 6.01 Å². The molecular weight excluding hydrogens is 362 g/mol. The predicted octanol–water partition coefficient (Wildman–Crippen LogP) is 4.42. The number of rotatable bonds is 7. The molecule has 0 atom stereocenters. The van der Waals surface area contributed by atoms with E-state index in [1.165, 1.54) is 4.90 Å². The van der Waals surface area contributed by atoms with Gasteiger partial charge in [-0.15, -0.1) is 16.9 Å². The van der Waals surface area contributed by atoms with Crippen LogP contribution in [0.3, 0.4) is 0 Å². The van der Waals surface area contributed by atoms with E-state index in [0.29, 0.717) is 23.6 Å². The Kier molecular flexibility index (Phi) is 6.13. The van der Waals surface area contributed by atoms with Crippen LogP contribution in [0.2, 0.25) is 0 Å². The minimum absolute atomic E-state index is 0.0817. The van der Waals surface area contributed by atoms with Crippen LogP contribution >= 0.6 is 11.8 Å². The van der Waals surface area contributed by atoms with Crippen LogP contribution in [0.15, 0.2) is 57.8 Å². The Morgan fingerprint density at radius 1 is 1.11 bits per heavy atom. The number of hydrogen-bond acceptors (Lipinski definition) is 6. The molecule has 0 bridgehead atoms. The smallest absolute Gasteiger partial charge is 0.322 e. The second-order valence-electron chi connectivity index (χ2n) is 6.17. The van der Waals surface area contributed by atoms with Crippen molar-refractivity contribution >= 4 is 23.7 Å². The number of carbonyl (C=O) groups excluding carboxylic acids is 1. The molecule has 0 saturated carbocycles. The molecule has 0 unspecified atom stereocenters. The average Bonchev–Trinajstić information content (AvgIpc) is 3.09. The zero-order chi connectivity index (χ0) is 19.2. The Hall–Kier alpha value is -2.80. The summed E-state index contributed by atoms with van der Waals surface area (Å²) in [6.07, 6.45) is 2.63. The van der Waals surface area contributed by atoms with Gasteiger partial charge >= 0.3 is 6.01 Å². The number of amides is 1. The minimum Gasteiger partial charge on any atom is -0.491 e. The lowest BCUT2D eigenvalue weighted by Gasteiger charge is -2.09. The number of nitrogens with zero attached hydrogens (tertiary/aromatic N) is 2. The molecule has 7 heteroatoms. The van der Waals surface area contributed by atoms with Crippen LogP contribution in [0, 0.1) is 0 Å². The first kappa shape index (κ1) is 19.0. The maximum absolute atomic E-state index is 12.3. The molecule has 3 aromatic rings. The fraction of sp³-hybridized carbons (Fsp3) is 0.250. The molecule has 0 spiro atoms. The SMILES string of the molecule is CSc1ccc(Cc2nnc(NC(=O)c3ccc(OC(C)C)cc3)o2)cc1. The van der Waals surface area contributed by atoms with Gasteiger partial charge in [-0.05, 0) is 62.1 Å². The number of hydrogen-bond donors (Lipinski definition) is 1. The Balaban J connectivity index is 1.60. The second-order valence-corrected chi connectivity index (χ2v) is 7.05. The number of benzene rings is 2. The summed E-state index contributed by atoms with van der Waals surface area (Å²) in [6.45, 7) is 3.90. The van der Waals surface area contributed by atoms with E-state index in [1.807, 2.05) is 44.4 Å². The van der Waals surface area contributed by atoms with E-state index in [2.05, 4.69) is 15.5 Å². The molecule has 1 amide bonds.